The fourth-order valence-electron chi connectivity index (χ4n) is 2.32. The smallest absolute Gasteiger partial charge is 0.264 e. The average Bonchev–Trinajstić information content (AvgIpc) is 2.56. The molecular formula is C17H26N2O6S2. The van der Waals surface area contributed by atoms with Crippen LogP contribution in [0.25, 0.3) is 0 Å². The monoisotopic (exact) mass is 418 g/mol. The van der Waals surface area contributed by atoms with E-state index in [-0.39, 0.29) is 24.3 Å². The van der Waals surface area contributed by atoms with Gasteiger partial charge in [0.2, 0.25) is 0 Å². The molecule has 10 heteroatoms. The van der Waals surface area contributed by atoms with Crippen molar-refractivity contribution in [2.24, 2.45) is 9.98 Å². The van der Waals surface area contributed by atoms with Crippen LogP contribution in [-0.4, -0.2) is 62.5 Å². The molecule has 0 aliphatic rings. The van der Waals surface area contributed by atoms with Crippen molar-refractivity contribution in [2.45, 2.75) is 32.6 Å². The number of benzene rings is 1. The molecule has 0 spiro atoms. The van der Waals surface area contributed by atoms with E-state index in [2.05, 4.69) is 9.98 Å². The number of hydrogen-bond acceptors (Lipinski definition) is 6. The van der Waals surface area contributed by atoms with Crippen LogP contribution in [-0.2, 0) is 26.7 Å². The van der Waals surface area contributed by atoms with Crippen LogP contribution in [0.4, 0.5) is 0 Å². The van der Waals surface area contributed by atoms with E-state index in [1.165, 1.54) is 0 Å². The zero-order valence-electron chi connectivity index (χ0n) is 15.3. The lowest BCUT2D eigenvalue weighted by molar-refractivity contribution is 0.479. The molecule has 0 amide bonds. The third kappa shape index (κ3) is 11.6. The Balaban J connectivity index is 2.68. The van der Waals surface area contributed by atoms with Gasteiger partial charge in [0.25, 0.3) is 20.2 Å². The maximum absolute atomic E-state index is 10.7. The summed E-state index contributed by atoms with van der Waals surface area (Å²) in [5.41, 5.74) is 2.81. The van der Waals surface area contributed by atoms with Crippen molar-refractivity contribution in [2.75, 3.05) is 24.6 Å². The highest BCUT2D eigenvalue weighted by Gasteiger charge is 2.06. The second kappa shape index (κ2) is 11.3. The molecule has 2 N–H and O–H groups in total. The highest BCUT2D eigenvalue weighted by Crippen LogP contribution is 2.10. The molecule has 0 saturated heterocycles. The van der Waals surface area contributed by atoms with Crippen LogP contribution in [0.15, 0.2) is 34.3 Å². The van der Waals surface area contributed by atoms with E-state index >= 15 is 0 Å². The Morgan fingerprint density at radius 3 is 2.19 bits per heavy atom. The van der Waals surface area contributed by atoms with Gasteiger partial charge in [0.1, 0.15) is 0 Å². The topological polar surface area (TPSA) is 133 Å². The molecular weight excluding hydrogens is 392 g/mol. The SMILES string of the molecule is CC/C(Cc1ccccc1/C=N/CCCS(=O)(=O)O)=N/CCCS(=O)(=O)O. The van der Waals surface area contributed by atoms with Crippen LogP contribution in [0, 0.1) is 0 Å². The zero-order valence-corrected chi connectivity index (χ0v) is 16.9. The molecule has 0 saturated carbocycles. The van der Waals surface area contributed by atoms with Gasteiger partial charge in [-0.2, -0.15) is 16.8 Å². The van der Waals surface area contributed by atoms with Gasteiger partial charge >= 0.3 is 0 Å². The molecule has 0 atom stereocenters. The lowest BCUT2D eigenvalue weighted by Crippen LogP contribution is -2.08. The van der Waals surface area contributed by atoms with Crippen molar-refractivity contribution < 1.29 is 25.9 Å². The number of rotatable bonds is 12. The zero-order chi connectivity index (χ0) is 20.3. The Morgan fingerprint density at radius 1 is 1.00 bits per heavy atom. The number of aliphatic imine (C=N–C) groups is 2. The van der Waals surface area contributed by atoms with Crippen molar-refractivity contribution in [3.8, 4) is 0 Å². The van der Waals surface area contributed by atoms with Crippen LogP contribution >= 0.6 is 0 Å². The molecule has 1 aromatic carbocycles. The summed E-state index contributed by atoms with van der Waals surface area (Å²) in [6, 6.07) is 7.62. The molecule has 0 unspecified atom stereocenters. The van der Waals surface area contributed by atoms with Gasteiger partial charge in [0.05, 0.1) is 11.5 Å². The van der Waals surface area contributed by atoms with E-state index in [1.807, 2.05) is 31.2 Å². The minimum absolute atomic E-state index is 0.243. The van der Waals surface area contributed by atoms with Gasteiger partial charge in [0.15, 0.2) is 0 Å². The molecule has 0 heterocycles. The maximum Gasteiger partial charge on any atom is 0.264 e. The second-order valence-corrected chi connectivity index (χ2v) is 9.14. The standard InChI is InChI=1S/C17H26N2O6S2/c1-2-17(19-10-6-12-27(23,24)25)13-15-7-3-4-8-16(15)14-18-9-5-11-26(20,21)22/h3-4,7-8,14H,2,5-6,9-13H2,1H3,(H,20,21,22)(H,23,24,25)/b18-14+,19-17-. The van der Waals surface area contributed by atoms with E-state index in [0.29, 0.717) is 25.9 Å². The van der Waals surface area contributed by atoms with E-state index in [0.717, 1.165) is 16.8 Å². The van der Waals surface area contributed by atoms with Crippen molar-refractivity contribution in [3.63, 3.8) is 0 Å². The van der Waals surface area contributed by atoms with Gasteiger partial charge in [-0.3, -0.25) is 19.1 Å². The van der Waals surface area contributed by atoms with Crippen LogP contribution in [0.3, 0.4) is 0 Å². The molecule has 8 nitrogen and oxygen atoms in total. The molecule has 0 aromatic heterocycles. The first-order valence-corrected chi connectivity index (χ1v) is 11.8. The van der Waals surface area contributed by atoms with Gasteiger partial charge in [0, 0.05) is 31.4 Å². The minimum Gasteiger partial charge on any atom is -0.294 e. The predicted octanol–water partition coefficient (Wildman–Crippen LogP) is 2.05. The fourth-order valence-corrected chi connectivity index (χ4v) is 3.31. The third-order valence-corrected chi connectivity index (χ3v) is 5.28. The Bertz CT molecular complexity index is 861. The number of hydrogen-bond donors (Lipinski definition) is 2. The van der Waals surface area contributed by atoms with Crippen molar-refractivity contribution in [1.82, 2.24) is 0 Å². The van der Waals surface area contributed by atoms with Crippen LogP contribution < -0.4 is 0 Å². The second-order valence-electron chi connectivity index (χ2n) is 5.99. The molecule has 152 valence electrons. The molecule has 0 radical (unpaired) electrons. The lowest BCUT2D eigenvalue weighted by Gasteiger charge is -2.08. The molecule has 0 aliphatic carbocycles. The van der Waals surface area contributed by atoms with Gasteiger partial charge in [-0.1, -0.05) is 31.2 Å². The normalized spacial score (nSPS) is 13.4. The van der Waals surface area contributed by atoms with E-state index in [9.17, 15) is 16.8 Å². The minimum atomic E-state index is -3.96. The fraction of sp³-hybridized carbons (Fsp3) is 0.529. The van der Waals surface area contributed by atoms with Crippen LogP contribution in [0.1, 0.15) is 37.3 Å². The van der Waals surface area contributed by atoms with Crippen molar-refractivity contribution in [1.29, 1.82) is 0 Å². The largest absolute Gasteiger partial charge is 0.294 e. The summed E-state index contributed by atoms with van der Waals surface area (Å²) in [5.74, 6) is -0.623. The summed E-state index contributed by atoms with van der Waals surface area (Å²) in [6.07, 6.45) is 3.48. The average molecular weight is 419 g/mol. The maximum atomic E-state index is 10.7. The van der Waals surface area contributed by atoms with Gasteiger partial charge in [-0.15, -0.1) is 0 Å². The summed E-state index contributed by atoms with van der Waals surface area (Å²) in [7, 11) is -7.92. The van der Waals surface area contributed by atoms with E-state index in [1.54, 1.807) is 6.21 Å². The van der Waals surface area contributed by atoms with Gasteiger partial charge in [-0.25, -0.2) is 0 Å². The Hall–Kier alpha value is -1.62. The summed E-state index contributed by atoms with van der Waals surface area (Å²) >= 11 is 0. The summed E-state index contributed by atoms with van der Waals surface area (Å²) in [4.78, 5) is 8.63. The van der Waals surface area contributed by atoms with Crippen LogP contribution in [0.2, 0.25) is 0 Å². The highest BCUT2D eigenvalue weighted by molar-refractivity contribution is 7.86. The Morgan fingerprint density at radius 2 is 1.59 bits per heavy atom. The van der Waals surface area contributed by atoms with Gasteiger partial charge in [-0.05, 0) is 30.4 Å². The molecule has 27 heavy (non-hydrogen) atoms. The summed E-state index contributed by atoms with van der Waals surface area (Å²) < 4.78 is 60.3. The highest BCUT2D eigenvalue weighted by atomic mass is 32.2. The van der Waals surface area contributed by atoms with Crippen LogP contribution in [0.5, 0.6) is 0 Å². The first-order valence-electron chi connectivity index (χ1n) is 8.61. The Kier molecular flexibility index (Phi) is 9.78. The number of nitrogens with zero attached hydrogens (tertiary/aromatic N) is 2. The van der Waals surface area contributed by atoms with Crippen molar-refractivity contribution >= 4 is 32.2 Å². The van der Waals surface area contributed by atoms with E-state index in [4.69, 9.17) is 9.11 Å². The lowest BCUT2D eigenvalue weighted by atomic mass is 10.0. The summed E-state index contributed by atoms with van der Waals surface area (Å²) in [6.45, 7) is 2.58. The van der Waals surface area contributed by atoms with E-state index < -0.39 is 20.2 Å². The molecule has 0 bridgehead atoms. The predicted molar refractivity (Wildman–Crippen MR) is 107 cm³/mol. The third-order valence-electron chi connectivity index (χ3n) is 3.67. The van der Waals surface area contributed by atoms with Gasteiger partial charge < -0.3 is 0 Å². The quantitative estimate of drug-likeness (QED) is 0.303. The molecule has 1 rings (SSSR count). The Labute approximate surface area is 160 Å². The van der Waals surface area contributed by atoms with Crippen molar-refractivity contribution in [3.05, 3.63) is 35.4 Å². The summed E-state index contributed by atoms with van der Waals surface area (Å²) in [5, 5.41) is 0. The molecule has 0 aliphatic heterocycles. The first kappa shape index (κ1) is 23.4. The first-order chi connectivity index (χ1) is 12.6. The molecule has 1 aromatic rings. The molecule has 0 fully saturated rings.